The number of fused-ring (bicyclic) bond motifs is 1. The Balaban J connectivity index is 1.72. The summed E-state index contributed by atoms with van der Waals surface area (Å²) >= 11 is 0. The number of H-pyrrole nitrogens is 1. The van der Waals surface area contributed by atoms with Gasteiger partial charge in [-0.05, 0) is 12.1 Å². The first kappa shape index (κ1) is 17.3. The van der Waals surface area contributed by atoms with E-state index >= 15 is 0 Å². The molecule has 3 N–H and O–H groups in total. The third-order valence-electron chi connectivity index (χ3n) is 4.80. The molecule has 9 heteroatoms. The fourth-order valence-corrected chi connectivity index (χ4v) is 3.40. The van der Waals surface area contributed by atoms with Gasteiger partial charge in [0.2, 0.25) is 5.95 Å². The second-order valence-corrected chi connectivity index (χ2v) is 6.57. The molecule has 142 valence electrons. The number of aryl methyl sites for hydroxylation is 1. The van der Waals surface area contributed by atoms with Crippen molar-refractivity contribution in [3.63, 3.8) is 0 Å². The predicted molar refractivity (Wildman–Crippen MR) is 101 cm³/mol. The number of nitrogens with one attached hydrogen (secondary N) is 1. The van der Waals surface area contributed by atoms with Gasteiger partial charge in [-0.2, -0.15) is 4.98 Å². The molecular weight excluding hydrogens is 348 g/mol. The van der Waals surface area contributed by atoms with Gasteiger partial charge in [0, 0.05) is 7.05 Å². The Labute approximate surface area is 155 Å². The molecule has 4 rings (SSSR count). The maximum atomic E-state index is 12.5. The summed E-state index contributed by atoms with van der Waals surface area (Å²) in [6.45, 7) is 4.48. The van der Waals surface area contributed by atoms with Crippen molar-refractivity contribution in [2.24, 2.45) is 7.05 Å². The van der Waals surface area contributed by atoms with E-state index in [1.165, 1.54) is 4.57 Å². The van der Waals surface area contributed by atoms with Crippen LogP contribution in [0.1, 0.15) is 0 Å². The van der Waals surface area contributed by atoms with Gasteiger partial charge in [0.25, 0.3) is 5.56 Å². The maximum Gasteiger partial charge on any atom is 0.329 e. The number of rotatable bonds is 5. The Kier molecular flexibility index (Phi) is 4.68. The van der Waals surface area contributed by atoms with Crippen LogP contribution < -0.4 is 26.2 Å². The molecule has 0 radical (unpaired) electrons. The molecule has 1 aliphatic rings. The zero-order chi connectivity index (χ0) is 18.8. The van der Waals surface area contributed by atoms with Crippen LogP contribution in [-0.4, -0.2) is 51.9 Å². The van der Waals surface area contributed by atoms with Crippen molar-refractivity contribution >= 4 is 17.1 Å². The number of aromatic amines is 1. The van der Waals surface area contributed by atoms with Gasteiger partial charge in [0.15, 0.2) is 11.2 Å². The lowest BCUT2D eigenvalue weighted by Crippen LogP contribution is -2.89. The van der Waals surface area contributed by atoms with Crippen LogP contribution in [0.15, 0.2) is 39.9 Å². The van der Waals surface area contributed by atoms with E-state index in [4.69, 9.17) is 4.74 Å². The van der Waals surface area contributed by atoms with Crippen LogP contribution >= 0.6 is 0 Å². The third-order valence-corrected chi connectivity index (χ3v) is 4.80. The van der Waals surface area contributed by atoms with Gasteiger partial charge >= 0.3 is 5.69 Å². The molecular formula is C18H23N6O3+. The van der Waals surface area contributed by atoms with Gasteiger partial charge < -0.3 is 19.5 Å². The van der Waals surface area contributed by atoms with Gasteiger partial charge in [-0.3, -0.25) is 14.3 Å². The van der Waals surface area contributed by atoms with Gasteiger partial charge in [-0.1, -0.05) is 18.2 Å². The molecule has 0 bridgehead atoms. The van der Waals surface area contributed by atoms with E-state index in [1.807, 2.05) is 34.9 Å². The molecule has 0 saturated carbocycles. The lowest BCUT2D eigenvalue weighted by atomic mass is 10.3. The van der Waals surface area contributed by atoms with E-state index in [2.05, 4.69) is 20.2 Å². The minimum Gasteiger partial charge on any atom is -0.492 e. The molecule has 1 fully saturated rings. The Morgan fingerprint density at radius 3 is 2.67 bits per heavy atom. The summed E-state index contributed by atoms with van der Waals surface area (Å²) in [5.74, 6) is 1.49. The zero-order valence-corrected chi connectivity index (χ0v) is 15.2. The number of imidazole rings is 1. The fourth-order valence-electron chi connectivity index (χ4n) is 3.40. The highest BCUT2D eigenvalue weighted by atomic mass is 16.5. The van der Waals surface area contributed by atoms with Crippen molar-refractivity contribution in [1.29, 1.82) is 0 Å². The zero-order valence-electron chi connectivity index (χ0n) is 15.2. The summed E-state index contributed by atoms with van der Waals surface area (Å²) < 4.78 is 9.05. The van der Waals surface area contributed by atoms with Crippen molar-refractivity contribution in [1.82, 2.24) is 19.1 Å². The number of aromatic nitrogens is 4. The highest BCUT2D eigenvalue weighted by molar-refractivity contribution is 5.74. The molecule has 1 aromatic carbocycles. The topological polar surface area (TPSA) is 102 Å². The minimum absolute atomic E-state index is 0.394. The number of hydrogen-bond acceptors (Lipinski definition) is 5. The molecule has 0 spiro atoms. The second-order valence-electron chi connectivity index (χ2n) is 6.57. The summed E-state index contributed by atoms with van der Waals surface area (Å²) in [5.41, 5.74) is -0.0855. The predicted octanol–water partition coefficient (Wildman–Crippen LogP) is -1.11. The monoisotopic (exact) mass is 371 g/mol. The second kappa shape index (κ2) is 7.28. The number of ether oxygens (including phenoxy) is 1. The third kappa shape index (κ3) is 3.33. The lowest BCUT2D eigenvalue weighted by Gasteiger charge is -2.26. The van der Waals surface area contributed by atoms with Crippen molar-refractivity contribution in [2.75, 3.05) is 37.7 Å². The van der Waals surface area contributed by atoms with Crippen LogP contribution in [0.3, 0.4) is 0 Å². The number of para-hydroxylation sites is 1. The molecule has 27 heavy (non-hydrogen) atoms. The maximum absolute atomic E-state index is 12.5. The first-order valence-electron chi connectivity index (χ1n) is 9.09. The largest absolute Gasteiger partial charge is 0.492 e. The number of piperazine rings is 1. The van der Waals surface area contributed by atoms with Gasteiger partial charge in [0.05, 0.1) is 32.7 Å². The fraction of sp³-hybridized carbons (Fsp3) is 0.389. The van der Waals surface area contributed by atoms with E-state index in [0.29, 0.717) is 30.3 Å². The number of nitrogens with two attached hydrogens (primary N) is 1. The summed E-state index contributed by atoms with van der Waals surface area (Å²) in [4.78, 5) is 33.6. The van der Waals surface area contributed by atoms with Crippen LogP contribution in [0, 0.1) is 0 Å². The average Bonchev–Trinajstić information content (AvgIpc) is 3.08. The standard InChI is InChI=1S/C18H22N6O3/c1-22-15-14(16(25)21-18(22)26)24(11-12-27-13-5-3-2-4-6-13)17(20-15)23-9-7-19-8-10-23/h2-6,19H,7-12H2,1H3,(H,21,25,26)/p+1. The molecule has 9 nitrogen and oxygen atoms in total. The van der Waals surface area contributed by atoms with Crippen molar-refractivity contribution in [3.05, 3.63) is 51.2 Å². The first-order valence-corrected chi connectivity index (χ1v) is 9.09. The SMILES string of the molecule is Cn1c(=O)[nH]c(=O)c2c1nc(N1CC[NH2+]CC1)n2CCOc1ccccc1. The van der Waals surface area contributed by atoms with E-state index < -0.39 is 11.2 Å². The number of benzene rings is 1. The molecule has 1 aliphatic heterocycles. The highest BCUT2D eigenvalue weighted by Crippen LogP contribution is 2.19. The first-order chi connectivity index (χ1) is 13.1. The Hall–Kier alpha value is -3.07. The number of quaternary nitrogens is 1. The highest BCUT2D eigenvalue weighted by Gasteiger charge is 2.23. The number of hydrogen-bond donors (Lipinski definition) is 2. The number of anilines is 1. The van der Waals surface area contributed by atoms with Crippen molar-refractivity contribution in [2.45, 2.75) is 6.54 Å². The van der Waals surface area contributed by atoms with Gasteiger partial charge in [-0.25, -0.2) is 4.79 Å². The Morgan fingerprint density at radius 2 is 1.93 bits per heavy atom. The van der Waals surface area contributed by atoms with E-state index in [1.54, 1.807) is 7.05 Å². The summed E-state index contributed by atoms with van der Waals surface area (Å²) in [6.07, 6.45) is 0. The van der Waals surface area contributed by atoms with Crippen LogP contribution in [0.25, 0.3) is 11.2 Å². The molecule has 3 aromatic rings. The molecule has 0 amide bonds. The van der Waals surface area contributed by atoms with Gasteiger partial charge in [-0.15, -0.1) is 0 Å². The molecule has 2 aromatic heterocycles. The average molecular weight is 371 g/mol. The quantitative estimate of drug-likeness (QED) is 0.592. The molecule has 0 atom stereocenters. The Bertz CT molecular complexity index is 1050. The van der Waals surface area contributed by atoms with Gasteiger partial charge in [0.1, 0.15) is 12.4 Å². The normalized spacial score (nSPS) is 14.6. The minimum atomic E-state index is -0.462. The summed E-state index contributed by atoms with van der Waals surface area (Å²) in [7, 11) is 1.62. The van der Waals surface area contributed by atoms with Crippen molar-refractivity contribution in [3.8, 4) is 5.75 Å². The molecule has 0 aliphatic carbocycles. The van der Waals surface area contributed by atoms with E-state index in [0.717, 1.165) is 31.9 Å². The smallest absolute Gasteiger partial charge is 0.329 e. The summed E-state index contributed by atoms with van der Waals surface area (Å²) in [5, 5.41) is 2.25. The van der Waals surface area contributed by atoms with Crippen molar-refractivity contribution < 1.29 is 10.1 Å². The van der Waals surface area contributed by atoms with E-state index in [9.17, 15) is 9.59 Å². The van der Waals surface area contributed by atoms with Crippen LogP contribution in [0.5, 0.6) is 5.75 Å². The molecule has 3 heterocycles. The number of nitrogens with zero attached hydrogens (tertiary/aromatic N) is 4. The lowest BCUT2D eigenvalue weighted by molar-refractivity contribution is -0.655. The Morgan fingerprint density at radius 1 is 1.19 bits per heavy atom. The summed E-state index contributed by atoms with van der Waals surface area (Å²) in [6, 6.07) is 9.55. The van der Waals surface area contributed by atoms with Crippen LogP contribution in [0.4, 0.5) is 5.95 Å². The molecule has 1 saturated heterocycles. The van der Waals surface area contributed by atoms with E-state index in [-0.39, 0.29) is 0 Å². The van der Waals surface area contributed by atoms with Crippen LogP contribution in [-0.2, 0) is 13.6 Å². The molecule has 0 unspecified atom stereocenters. The van der Waals surface area contributed by atoms with Crippen LogP contribution in [0.2, 0.25) is 0 Å².